The van der Waals surface area contributed by atoms with Crippen molar-refractivity contribution in [2.45, 2.75) is 25.6 Å². The second-order valence-electron chi connectivity index (χ2n) is 5.44. The van der Waals surface area contributed by atoms with Crippen molar-refractivity contribution in [1.29, 1.82) is 0 Å². The highest BCUT2D eigenvalue weighted by Gasteiger charge is 2.77. The van der Waals surface area contributed by atoms with Crippen LogP contribution >= 0.6 is 0 Å². The van der Waals surface area contributed by atoms with Gasteiger partial charge in [0.1, 0.15) is 5.41 Å². The van der Waals surface area contributed by atoms with Gasteiger partial charge in [0.05, 0.1) is 18.8 Å². The van der Waals surface area contributed by atoms with Gasteiger partial charge >= 0.3 is 5.97 Å². The molecule has 90 valence electrons. The molecule has 3 fully saturated rings. The van der Waals surface area contributed by atoms with Gasteiger partial charge in [-0.05, 0) is 25.3 Å². The Hall–Kier alpha value is -1.16. The van der Waals surface area contributed by atoms with E-state index in [4.69, 9.17) is 9.47 Å². The van der Waals surface area contributed by atoms with Gasteiger partial charge in [-0.15, -0.1) is 0 Å². The van der Waals surface area contributed by atoms with E-state index in [1.807, 2.05) is 0 Å². The molecule has 1 heterocycles. The van der Waals surface area contributed by atoms with E-state index in [0.717, 1.165) is 6.42 Å². The van der Waals surface area contributed by atoms with Crippen molar-refractivity contribution in [1.82, 2.24) is 0 Å². The van der Waals surface area contributed by atoms with Crippen LogP contribution in [0.25, 0.3) is 0 Å². The highest BCUT2D eigenvalue weighted by Crippen LogP contribution is 2.69. The highest BCUT2D eigenvalue weighted by atomic mass is 16.6. The summed E-state index contributed by atoms with van der Waals surface area (Å²) in [6.45, 7) is 2.16. The summed E-state index contributed by atoms with van der Waals surface area (Å²) in [5, 5.41) is 0. The van der Waals surface area contributed by atoms with Gasteiger partial charge in [0.2, 0.25) is 0 Å². The van der Waals surface area contributed by atoms with E-state index < -0.39 is 5.41 Å². The molecule has 0 aromatic carbocycles. The van der Waals surface area contributed by atoms with Crippen LogP contribution in [0.3, 0.4) is 0 Å². The van der Waals surface area contributed by atoms with Crippen LogP contribution in [0.2, 0.25) is 0 Å². The average molecular weight is 234 g/mol. The molecule has 4 heteroatoms. The van der Waals surface area contributed by atoms with Crippen LogP contribution in [0, 0.1) is 23.2 Å². The zero-order valence-corrected chi connectivity index (χ0v) is 9.59. The first kappa shape index (κ1) is 9.83. The lowest BCUT2D eigenvalue weighted by molar-refractivity contribution is -0.159. The molecule has 4 aliphatic rings. The quantitative estimate of drug-likeness (QED) is 0.521. The van der Waals surface area contributed by atoms with Crippen LogP contribution in [0.15, 0.2) is 12.2 Å². The summed E-state index contributed by atoms with van der Waals surface area (Å²) in [5.41, 5.74) is -0.699. The molecule has 1 saturated heterocycles. The molecule has 6 unspecified atom stereocenters. The lowest BCUT2D eigenvalue weighted by atomic mass is 9.68. The normalized spacial score (nSPS) is 52.5. The Bertz CT molecular complexity index is 454. The number of hydrogen-bond acceptors (Lipinski definition) is 4. The fourth-order valence-corrected chi connectivity index (χ4v) is 4.34. The second-order valence-corrected chi connectivity index (χ2v) is 5.44. The molecule has 1 aliphatic heterocycles. The van der Waals surface area contributed by atoms with E-state index in [9.17, 15) is 9.59 Å². The number of carbonyl (C=O) groups excluding carboxylic acids is 2. The van der Waals surface area contributed by atoms with Gasteiger partial charge in [-0.25, -0.2) is 0 Å². The molecule has 0 spiro atoms. The van der Waals surface area contributed by atoms with Gasteiger partial charge in [0.15, 0.2) is 5.78 Å². The molecule has 6 atom stereocenters. The summed E-state index contributed by atoms with van der Waals surface area (Å²) in [5.74, 6) is 0.0320. The second kappa shape index (κ2) is 2.80. The Morgan fingerprint density at radius 3 is 3.18 bits per heavy atom. The van der Waals surface area contributed by atoms with E-state index in [-0.39, 0.29) is 41.7 Å². The minimum Gasteiger partial charge on any atom is -0.465 e. The van der Waals surface area contributed by atoms with E-state index >= 15 is 0 Å². The van der Waals surface area contributed by atoms with Crippen molar-refractivity contribution in [3.63, 3.8) is 0 Å². The number of fused-ring (bicyclic) bond motifs is 8. The predicted octanol–water partition coefficient (Wildman–Crippen LogP) is 0.708. The first-order valence-corrected chi connectivity index (χ1v) is 6.26. The van der Waals surface area contributed by atoms with Crippen LogP contribution in [-0.4, -0.2) is 30.6 Å². The number of esters is 1. The molecule has 3 aliphatic carbocycles. The van der Waals surface area contributed by atoms with E-state index in [1.54, 1.807) is 19.1 Å². The maximum absolute atomic E-state index is 12.3. The largest absolute Gasteiger partial charge is 0.465 e. The Balaban J connectivity index is 1.79. The van der Waals surface area contributed by atoms with E-state index in [1.165, 1.54) is 0 Å². The maximum atomic E-state index is 12.3. The monoisotopic (exact) mass is 234 g/mol. The fourth-order valence-electron chi connectivity index (χ4n) is 4.34. The zero-order chi connectivity index (χ0) is 11.8. The predicted molar refractivity (Wildman–Crippen MR) is 57.0 cm³/mol. The zero-order valence-electron chi connectivity index (χ0n) is 9.59. The number of rotatable bonds is 2. The number of hydrogen-bond donors (Lipinski definition) is 0. The fraction of sp³-hybridized carbons (Fsp3) is 0.692. The Labute approximate surface area is 99.0 Å². The smallest absolute Gasteiger partial charge is 0.317 e. The molecular weight excluding hydrogens is 220 g/mol. The minimum atomic E-state index is -0.699. The summed E-state index contributed by atoms with van der Waals surface area (Å²) in [6.07, 6.45) is 4.73. The minimum absolute atomic E-state index is 0.0829. The van der Waals surface area contributed by atoms with Gasteiger partial charge in [-0.3, -0.25) is 9.59 Å². The van der Waals surface area contributed by atoms with Crippen LogP contribution in [-0.2, 0) is 19.1 Å². The van der Waals surface area contributed by atoms with Crippen molar-refractivity contribution in [2.24, 2.45) is 23.2 Å². The SMILES string of the molecule is CCOC(=O)C12C=CC(=O)C1C1CC2C2OC12. The van der Waals surface area contributed by atoms with Gasteiger partial charge < -0.3 is 9.47 Å². The Morgan fingerprint density at radius 2 is 2.41 bits per heavy atom. The highest BCUT2D eigenvalue weighted by molar-refractivity contribution is 6.03. The van der Waals surface area contributed by atoms with Gasteiger partial charge in [0, 0.05) is 11.8 Å². The molecule has 0 N–H and O–H groups in total. The lowest BCUT2D eigenvalue weighted by Crippen LogP contribution is -2.45. The van der Waals surface area contributed by atoms with Crippen molar-refractivity contribution in [3.05, 3.63) is 12.2 Å². The number of carbonyl (C=O) groups is 2. The summed E-state index contributed by atoms with van der Waals surface area (Å²) < 4.78 is 10.8. The standard InChI is InChI=1S/C13H14O4/c1-2-16-12(15)13-4-3-8(14)9(13)6-5-7(13)11-10(6)17-11/h3-4,6-7,9-11H,2,5H2,1H3. The van der Waals surface area contributed by atoms with Crippen molar-refractivity contribution in [2.75, 3.05) is 6.61 Å². The number of epoxide rings is 1. The first-order valence-electron chi connectivity index (χ1n) is 6.26. The van der Waals surface area contributed by atoms with Crippen LogP contribution in [0.1, 0.15) is 13.3 Å². The van der Waals surface area contributed by atoms with Gasteiger partial charge in [-0.2, -0.15) is 0 Å². The summed E-state index contributed by atoms with van der Waals surface area (Å²) in [4.78, 5) is 24.2. The third-order valence-electron chi connectivity index (χ3n) is 4.92. The van der Waals surface area contributed by atoms with E-state index in [0.29, 0.717) is 6.61 Å². The molecule has 0 aromatic heterocycles. The molecule has 2 bridgehead atoms. The number of ether oxygens (including phenoxy) is 2. The van der Waals surface area contributed by atoms with Gasteiger partial charge in [-0.1, -0.05) is 6.08 Å². The molecule has 0 aromatic rings. The third-order valence-corrected chi connectivity index (χ3v) is 4.92. The first-order chi connectivity index (χ1) is 8.20. The van der Waals surface area contributed by atoms with Crippen molar-refractivity contribution < 1.29 is 19.1 Å². The molecule has 4 nitrogen and oxygen atoms in total. The average Bonchev–Trinajstić information content (AvgIpc) is 2.76. The van der Waals surface area contributed by atoms with Crippen LogP contribution in [0.5, 0.6) is 0 Å². The maximum Gasteiger partial charge on any atom is 0.317 e. The van der Waals surface area contributed by atoms with Crippen LogP contribution in [0.4, 0.5) is 0 Å². The summed E-state index contributed by atoms with van der Waals surface area (Å²) in [7, 11) is 0. The summed E-state index contributed by atoms with van der Waals surface area (Å²) >= 11 is 0. The molecule has 2 saturated carbocycles. The van der Waals surface area contributed by atoms with Crippen molar-refractivity contribution >= 4 is 11.8 Å². The molecule has 4 rings (SSSR count). The van der Waals surface area contributed by atoms with E-state index in [2.05, 4.69) is 0 Å². The molecule has 0 radical (unpaired) electrons. The van der Waals surface area contributed by atoms with Crippen molar-refractivity contribution in [3.8, 4) is 0 Å². The Morgan fingerprint density at radius 1 is 1.59 bits per heavy atom. The van der Waals surface area contributed by atoms with Crippen LogP contribution < -0.4 is 0 Å². The number of ketones is 1. The molecule has 0 amide bonds. The molecule has 17 heavy (non-hydrogen) atoms. The topological polar surface area (TPSA) is 55.9 Å². The number of allylic oxidation sites excluding steroid dienone is 1. The molecular formula is C13H14O4. The van der Waals surface area contributed by atoms with Gasteiger partial charge in [0.25, 0.3) is 0 Å². The summed E-state index contributed by atoms with van der Waals surface area (Å²) in [6, 6.07) is 0. The Kier molecular flexibility index (Phi) is 1.62. The lowest BCUT2D eigenvalue weighted by Gasteiger charge is -2.33. The third kappa shape index (κ3) is 0.910.